The van der Waals surface area contributed by atoms with Gasteiger partial charge in [-0.3, -0.25) is 4.79 Å². The standard InChI is InChI=1S/C21H16N2O2S/c1-25-19-13-18(14-6-3-2-4-7-14)23-17-10-9-15(12-16(17)19)22-21(24)20-8-5-11-26-20/h2-13H,1H3,(H,22,24). The molecule has 4 rings (SSSR count). The van der Waals surface area contributed by atoms with Crippen LogP contribution in [0, 0.1) is 0 Å². The van der Waals surface area contributed by atoms with E-state index in [-0.39, 0.29) is 5.91 Å². The first-order valence-corrected chi connectivity index (χ1v) is 9.01. The quantitative estimate of drug-likeness (QED) is 0.542. The van der Waals surface area contributed by atoms with Crippen molar-refractivity contribution in [2.45, 2.75) is 0 Å². The van der Waals surface area contributed by atoms with Gasteiger partial charge in [0.05, 0.1) is 23.2 Å². The number of amides is 1. The number of carbonyl (C=O) groups excluding carboxylic acids is 1. The van der Waals surface area contributed by atoms with Crippen LogP contribution < -0.4 is 10.1 Å². The first-order chi connectivity index (χ1) is 12.7. The zero-order valence-electron chi connectivity index (χ0n) is 14.1. The highest BCUT2D eigenvalue weighted by Crippen LogP contribution is 2.31. The highest BCUT2D eigenvalue weighted by Gasteiger charge is 2.11. The Bertz CT molecular complexity index is 1060. The summed E-state index contributed by atoms with van der Waals surface area (Å²) in [5, 5.41) is 5.66. The number of methoxy groups -OCH3 is 1. The first-order valence-electron chi connectivity index (χ1n) is 8.13. The van der Waals surface area contributed by atoms with E-state index in [2.05, 4.69) is 5.32 Å². The largest absolute Gasteiger partial charge is 0.496 e. The molecule has 0 fully saturated rings. The van der Waals surface area contributed by atoms with Gasteiger partial charge in [0.25, 0.3) is 5.91 Å². The van der Waals surface area contributed by atoms with E-state index in [9.17, 15) is 4.79 Å². The molecule has 0 radical (unpaired) electrons. The molecular weight excluding hydrogens is 344 g/mol. The molecule has 0 aliphatic carbocycles. The fourth-order valence-corrected chi connectivity index (χ4v) is 3.42. The zero-order valence-corrected chi connectivity index (χ0v) is 14.9. The molecule has 2 heterocycles. The van der Waals surface area contributed by atoms with Crippen molar-refractivity contribution in [3.63, 3.8) is 0 Å². The topological polar surface area (TPSA) is 51.2 Å². The summed E-state index contributed by atoms with van der Waals surface area (Å²) in [6, 6.07) is 21.2. The summed E-state index contributed by atoms with van der Waals surface area (Å²) < 4.78 is 5.57. The maximum Gasteiger partial charge on any atom is 0.265 e. The molecule has 128 valence electrons. The maximum absolute atomic E-state index is 12.3. The first kappa shape index (κ1) is 16.3. The van der Waals surface area contributed by atoms with E-state index >= 15 is 0 Å². The Morgan fingerprint density at radius 1 is 1.04 bits per heavy atom. The Hall–Kier alpha value is -3.18. The fourth-order valence-electron chi connectivity index (χ4n) is 2.80. The Balaban J connectivity index is 1.73. The zero-order chi connectivity index (χ0) is 17.9. The minimum atomic E-state index is -0.118. The average molecular weight is 360 g/mol. The number of thiophene rings is 1. The Morgan fingerprint density at radius 2 is 1.88 bits per heavy atom. The van der Waals surface area contributed by atoms with Crippen molar-refractivity contribution in [1.29, 1.82) is 0 Å². The van der Waals surface area contributed by atoms with E-state index < -0.39 is 0 Å². The molecule has 26 heavy (non-hydrogen) atoms. The van der Waals surface area contributed by atoms with Gasteiger partial charge in [-0.05, 0) is 29.6 Å². The van der Waals surface area contributed by atoms with Crippen molar-refractivity contribution in [1.82, 2.24) is 4.98 Å². The van der Waals surface area contributed by atoms with Crippen molar-refractivity contribution < 1.29 is 9.53 Å². The number of fused-ring (bicyclic) bond motifs is 1. The number of benzene rings is 2. The third-order valence-electron chi connectivity index (χ3n) is 4.06. The summed E-state index contributed by atoms with van der Waals surface area (Å²) in [5.74, 6) is 0.605. The number of carbonyl (C=O) groups is 1. The molecule has 4 nitrogen and oxygen atoms in total. The normalized spacial score (nSPS) is 10.7. The highest BCUT2D eigenvalue weighted by atomic mass is 32.1. The summed E-state index contributed by atoms with van der Waals surface area (Å²) in [7, 11) is 1.64. The summed E-state index contributed by atoms with van der Waals surface area (Å²) in [6.07, 6.45) is 0. The minimum Gasteiger partial charge on any atom is -0.496 e. The van der Waals surface area contributed by atoms with Crippen LogP contribution in [0.15, 0.2) is 72.1 Å². The third kappa shape index (κ3) is 3.17. The van der Waals surface area contributed by atoms with Crippen molar-refractivity contribution in [2.24, 2.45) is 0 Å². The van der Waals surface area contributed by atoms with Gasteiger partial charge in [-0.25, -0.2) is 4.98 Å². The number of nitrogens with zero attached hydrogens (tertiary/aromatic N) is 1. The number of anilines is 1. The smallest absolute Gasteiger partial charge is 0.265 e. The van der Waals surface area contributed by atoms with E-state index in [1.54, 1.807) is 13.2 Å². The fraction of sp³-hybridized carbons (Fsp3) is 0.0476. The van der Waals surface area contributed by atoms with Gasteiger partial charge in [-0.1, -0.05) is 36.4 Å². The lowest BCUT2D eigenvalue weighted by Gasteiger charge is -2.11. The summed E-state index contributed by atoms with van der Waals surface area (Å²) in [6.45, 7) is 0. The molecule has 0 spiro atoms. The third-order valence-corrected chi connectivity index (χ3v) is 4.93. The van der Waals surface area contributed by atoms with Crippen LogP contribution >= 0.6 is 11.3 Å². The van der Waals surface area contributed by atoms with Gasteiger partial charge in [0.2, 0.25) is 0 Å². The lowest BCUT2D eigenvalue weighted by Crippen LogP contribution is -2.10. The molecule has 0 saturated carbocycles. The number of ether oxygens (including phenoxy) is 1. The molecule has 1 N–H and O–H groups in total. The monoisotopic (exact) mass is 360 g/mol. The molecule has 0 saturated heterocycles. The van der Waals surface area contributed by atoms with Crippen LogP contribution in [0.4, 0.5) is 5.69 Å². The second-order valence-electron chi connectivity index (χ2n) is 5.74. The van der Waals surface area contributed by atoms with Gasteiger partial charge in [-0.2, -0.15) is 0 Å². The number of hydrogen-bond donors (Lipinski definition) is 1. The van der Waals surface area contributed by atoms with Crippen LogP contribution in [0.2, 0.25) is 0 Å². The van der Waals surface area contributed by atoms with Gasteiger partial charge in [0.15, 0.2) is 0 Å². The van der Waals surface area contributed by atoms with Gasteiger partial charge in [0.1, 0.15) is 5.75 Å². The van der Waals surface area contributed by atoms with Crippen LogP contribution in [0.3, 0.4) is 0 Å². The second kappa shape index (κ2) is 6.98. The molecule has 2 aromatic heterocycles. The van der Waals surface area contributed by atoms with E-state index in [0.29, 0.717) is 10.6 Å². The lowest BCUT2D eigenvalue weighted by molar-refractivity contribution is 0.103. The highest BCUT2D eigenvalue weighted by molar-refractivity contribution is 7.12. The lowest BCUT2D eigenvalue weighted by atomic mass is 10.1. The predicted octanol–water partition coefficient (Wildman–Crippen LogP) is 5.22. The van der Waals surface area contributed by atoms with Crippen LogP contribution in [-0.2, 0) is 0 Å². The van der Waals surface area contributed by atoms with Crippen LogP contribution in [0.5, 0.6) is 5.75 Å². The SMILES string of the molecule is COc1cc(-c2ccccc2)nc2ccc(NC(=O)c3cccs3)cc12. The molecular formula is C21H16N2O2S. The van der Waals surface area contributed by atoms with Crippen molar-refractivity contribution in [2.75, 3.05) is 12.4 Å². The van der Waals surface area contributed by atoms with Crippen LogP contribution in [0.1, 0.15) is 9.67 Å². The van der Waals surface area contributed by atoms with Gasteiger partial charge in [-0.15, -0.1) is 11.3 Å². The molecule has 4 aromatic rings. The maximum atomic E-state index is 12.3. The molecule has 0 aliphatic rings. The van der Waals surface area contributed by atoms with E-state index in [1.165, 1.54) is 11.3 Å². The molecule has 0 atom stereocenters. The molecule has 5 heteroatoms. The van der Waals surface area contributed by atoms with Gasteiger partial charge >= 0.3 is 0 Å². The summed E-state index contributed by atoms with van der Waals surface area (Å²) in [4.78, 5) is 17.7. The number of aromatic nitrogens is 1. The average Bonchev–Trinajstić information content (AvgIpc) is 3.23. The molecule has 2 aromatic carbocycles. The Labute approximate surface area is 155 Å². The minimum absolute atomic E-state index is 0.118. The number of hydrogen-bond acceptors (Lipinski definition) is 4. The summed E-state index contributed by atoms with van der Waals surface area (Å²) >= 11 is 1.41. The van der Waals surface area contributed by atoms with Gasteiger partial charge < -0.3 is 10.1 Å². The van der Waals surface area contributed by atoms with Crippen molar-refractivity contribution >= 4 is 33.8 Å². The van der Waals surface area contributed by atoms with E-state index in [4.69, 9.17) is 9.72 Å². The van der Waals surface area contributed by atoms with Crippen LogP contribution in [-0.4, -0.2) is 18.0 Å². The molecule has 0 unspecified atom stereocenters. The number of pyridine rings is 1. The Morgan fingerprint density at radius 3 is 2.62 bits per heavy atom. The van der Waals surface area contributed by atoms with Crippen molar-refractivity contribution in [3.05, 3.63) is 77.0 Å². The predicted molar refractivity (Wildman–Crippen MR) is 106 cm³/mol. The van der Waals surface area contributed by atoms with E-state index in [1.807, 2.05) is 66.0 Å². The van der Waals surface area contributed by atoms with Gasteiger partial charge in [0, 0.05) is 22.7 Å². The molecule has 0 aliphatic heterocycles. The second-order valence-corrected chi connectivity index (χ2v) is 6.69. The molecule has 0 bridgehead atoms. The number of rotatable bonds is 4. The van der Waals surface area contributed by atoms with Crippen LogP contribution in [0.25, 0.3) is 22.2 Å². The number of nitrogens with one attached hydrogen (secondary N) is 1. The molecule has 1 amide bonds. The van der Waals surface area contributed by atoms with Crippen molar-refractivity contribution in [3.8, 4) is 17.0 Å². The summed E-state index contributed by atoms with van der Waals surface area (Å²) in [5.41, 5.74) is 3.41. The van der Waals surface area contributed by atoms with E-state index in [0.717, 1.165) is 27.9 Å². The Kier molecular flexibility index (Phi) is 4.37.